The second kappa shape index (κ2) is 7.16. The number of nitrogens with zero attached hydrogens (tertiary/aromatic N) is 1. The molecule has 2 unspecified atom stereocenters. The van der Waals surface area contributed by atoms with Crippen molar-refractivity contribution >= 4 is 27.7 Å². The lowest BCUT2D eigenvalue weighted by Gasteiger charge is -2.12. The molecule has 4 N–H and O–H groups in total. The number of hydrogen-bond acceptors (Lipinski definition) is 4. The fourth-order valence-electron chi connectivity index (χ4n) is 2.65. The summed E-state index contributed by atoms with van der Waals surface area (Å²) in [5.41, 5.74) is 12.5. The normalized spacial score (nSPS) is 19.9. The smallest absolute Gasteiger partial charge is 0.286 e. The topological polar surface area (TPSA) is 87.2 Å². The molecular weight excluding hydrogens is 374 g/mol. The molecule has 1 saturated heterocycles. The predicted molar refractivity (Wildman–Crippen MR) is 92.6 cm³/mol. The van der Waals surface area contributed by atoms with Crippen LogP contribution in [0, 0.1) is 0 Å². The first-order chi connectivity index (χ1) is 11.5. The molecule has 2 heterocycles. The van der Waals surface area contributed by atoms with Crippen molar-refractivity contribution in [3.8, 4) is 0 Å². The van der Waals surface area contributed by atoms with E-state index >= 15 is 0 Å². The zero-order valence-electron chi connectivity index (χ0n) is 13.0. The fraction of sp³-hybridized carbons (Fsp3) is 0.250. The summed E-state index contributed by atoms with van der Waals surface area (Å²) in [7, 11) is 1.76. The minimum atomic E-state index is -0.421. The van der Waals surface area contributed by atoms with Gasteiger partial charge < -0.3 is 4.57 Å². The van der Waals surface area contributed by atoms with Gasteiger partial charge in [-0.2, -0.15) is 0 Å². The van der Waals surface area contributed by atoms with Crippen molar-refractivity contribution in [2.24, 2.45) is 7.05 Å². The van der Waals surface area contributed by atoms with Crippen LogP contribution in [-0.2, 0) is 11.8 Å². The van der Waals surface area contributed by atoms with E-state index in [0.717, 1.165) is 10.0 Å². The van der Waals surface area contributed by atoms with Gasteiger partial charge in [-0.25, -0.2) is 10.9 Å². The number of hydrogen-bond donors (Lipinski definition) is 4. The number of nitrogens with one attached hydrogen (secondary N) is 4. The molecule has 126 valence electrons. The van der Waals surface area contributed by atoms with Crippen LogP contribution in [0.3, 0.4) is 0 Å². The number of carbonyl (C=O) groups excluding carboxylic acids is 2. The third kappa shape index (κ3) is 3.66. The minimum absolute atomic E-state index is 0.0569. The van der Waals surface area contributed by atoms with E-state index in [1.807, 2.05) is 30.3 Å². The molecule has 1 aromatic heterocycles. The summed E-state index contributed by atoms with van der Waals surface area (Å²) in [5, 5.41) is 0. The van der Waals surface area contributed by atoms with Gasteiger partial charge in [0.15, 0.2) is 0 Å². The minimum Gasteiger partial charge on any atom is -0.345 e. The molecule has 0 bridgehead atoms. The zero-order valence-corrected chi connectivity index (χ0v) is 14.6. The second-order valence-corrected chi connectivity index (χ2v) is 6.55. The lowest BCUT2D eigenvalue weighted by molar-refractivity contribution is -0.123. The van der Waals surface area contributed by atoms with Crippen LogP contribution in [0.15, 0.2) is 47.1 Å². The Morgan fingerprint density at radius 1 is 1.21 bits per heavy atom. The van der Waals surface area contributed by atoms with Crippen LogP contribution in [0.4, 0.5) is 0 Å². The molecule has 2 atom stereocenters. The Morgan fingerprint density at radius 3 is 2.62 bits per heavy atom. The molecule has 0 spiro atoms. The molecule has 1 fully saturated rings. The standard InChI is InChI=1S/C16H18BrN5O2/c1-22-9-11(17)7-14(22)16(24)21-20-15(23)13-8-12(18-19-13)10-5-3-2-4-6-10/h2-7,9,12-13,18-19H,8H2,1H3,(H,20,23)(H,21,24). The van der Waals surface area contributed by atoms with Crippen LogP contribution in [0.5, 0.6) is 0 Å². The molecule has 1 aliphatic rings. The number of amides is 2. The van der Waals surface area contributed by atoms with E-state index in [1.165, 1.54) is 0 Å². The number of hydrazine groups is 2. The van der Waals surface area contributed by atoms with E-state index in [4.69, 9.17) is 0 Å². The van der Waals surface area contributed by atoms with Gasteiger partial charge >= 0.3 is 0 Å². The highest BCUT2D eigenvalue weighted by Gasteiger charge is 2.30. The van der Waals surface area contributed by atoms with Gasteiger partial charge in [0, 0.05) is 23.8 Å². The quantitative estimate of drug-likeness (QED) is 0.591. The number of benzene rings is 1. The summed E-state index contributed by atoms with van der Waals surface area (Å²) in [6, 6.07) is 11.2. The molecule has 7 nitrogen and oxygen atoms in total. The fourth-order valence-corrected chi connectivity index (χ4v) is 3.18. The first-order valence-corrected chi connectivity index (χ1v) is 8.32. The molecule has 2 aromatic rings. The Morgan fingerprint density at radius 2 is 1.96 bits per heavy atom. The van der Waals surface area contributed by atoms with Crippen molar-refractivity contribution in [3.05, 3.63) is 58.3 Å². The summed E-state index contributed by atoms with van der Waals surface area (Å²) < 4.78 is 2.47. The van der Waals surface area contributed by atoms with Crippen LogP contribution < -0.4 is 21.7 Å². The maximum atomic E-state index is 12.2. The average Bonchev–Trinajstić information content (AvgIpc) is 3.20. The van der Waals surface area contributed by atoms with Crippen molar-refractivity contribution in [3.63, 3.8) is 0 Å². The van der Waals surface area contributed by atoms with E-state index in [0.29, 0.717) is 12.1 Å². The van der Waals surface area contributed by atoms with Crippen LogP contribution in [-0.4, -0.2) is 22.4 Å². The highest BCUT2D eigenvalue weighted by atomic mass is 79.9. The predicted octanol–water partition coefficient (Wildman–Crippen LogP) is 1.16. The van der Waals surface area contributed by atoms with Gasteiger partial charge in [-0.1, -0.05) is 30.3 Å². The number of halogens is 1. The Balaban J connectivity index is 1.53. The number of carbonyl (C=O) groups is 2. The van der Waals surface area contributed by atoms with Crippen molar-refractivity contribution in [1.29, 1.82) is 0 Å². The first kappa shape index (κ1) is 16.7. The van der Waals surface area contributed by atoms with Gasteiger partial charge in [0.25, 0.3) is 11.8 Å². The molecule has 2 amide bonds. The second-order valence-electron chi connectivity index (χ2n) is 5.64. The van der Waals surface area contributed by atoms with Crippen molar-refractivity contribution in [2.45, 2.75) is 18.5 Å². The van der Waals surface area contributed by atoms with Gasteiger partial charge in [-0.05, 0) is 34.0 Å². The number of aryl methyl sites for hydroxylation is 1. The van der Waals surface area contributed by atoms with Crippen LogP contribution in [0.25, 0.3) is 0 Å². The Kier molecular flexibility index (Phi) is 4.98. The monoisotopic (exact) mass is 391 g/mol. The SMILES string of the molecule is Cn1cc(Br)cc1C(=O)NNC(=O)C1CC(c2ccccc2)NN1. The lowest BCUT2D eigenvalue weighted by Crippen LogP contribution is -2.50. The van der Waals surface area contributed by atoms with Crippen molar-refractivity contribution in [2.75, 3.05) is 0 Å². The Labute approximate surface area is 147 Å². The Bertz CT molecular complexity index is 746. The molecule has 24 heavy (non-hydrogen) atoms. The Hall–Kier alpha value is -2.16. The third-order valence-electron chi connectivity index (χ3n) is 3.93. The lowest BCUT2D eigenvalue weighted by atomic mass is 10.0. The van der Waals surface area contributed by atoms with Crippen molar-refractivity contribution in [1.82, 2.24) is 26.3 Å². The number of rotatable bonds is 3. The summed E-state index contributed by atoms with van der Waals surface area (Å²) >= 11 is 3.31. The van der Waals surface area contributed by atoms with E-state index in [2.05, 4.69) is 37.6 Å². The van der Waals surface area contributed by atoms with E-state index in [9.17, 15) is 9.59 Å². The van der Waals surface area contributed by atoms with Crippen LogP contribution >= 0.6 is 15.9 Å². The molecule has 1 aromatic carbocycles. The largest absolute Gasteiger partial charge is 0.345 e. The first-order valence-electron chi connectivity index (χ1n) is 7.52. The van der Waals surface area contributed by atoms with Gasteiger partial charge in [-0.3, -0.25) is 20.4 Å². The van der Waals surface area contributed by atoms with E-state index < -0.39 is 6.04 Å². The third-order valence-corrected chi connectivity index (χ3v) is 4.36. The van der Waals surface area contributed by atoms with Gasteiger partial charge in [0.05, 0.1) is 0 Å². The molecule has 3 rings (SSSR count). The summed E-state index contributed by atoms with van der Waals surface area (Å²) in [4.78, 5) is 24.3. The summed E-state index contributed by atoms with van der Waals surface area (Å²) in [5.74, 6) is -0.662. The van der Waals surface area contributed by atoms with E-state index in [1.54, 1.807) is 23.9 Å². The summed E-state index contributed by atoms with van der Waals surface area (Å²) in [6.07, 6.45) is 2.37. The van der Waals surface area contributed by atoms with Crippen LogP contribution in [0.1, 0.15) is 28.5 Å². The zero-order chi connectivity index (χ0) is 17.1. The molecular formula is C16H18BrN5O2. The number of aromatic nitrogens is 1. The van der Waals surface area contributed by atoms with Gasteiger partial charge in [0.1, 0.15) is 11.7 Å². The van der Waals surface area contributed by atoms with Crippen molar-refractivity contribution < 1.29 is 9.59 Å². The van der Waals surface area contributed by atoms with Gasteiger partial charge in [0.2, 0.25) is 0 Å². The van der Waals surface area contributed by atoms with Crippen LogP contribution in [0.2, 0.25) is 0 Å². The highest BCUT2D eigenvalue weighted by Crippen LogP contribution is 2.21. The maximum Gasteiger partial charge on any atom is 0.286 e. The maximum absolute atomic E-state index is 12.2. The molecule has 1 aliphatic heterocycles. The van der Waals surface area contributed by atoms with Gasteiger partial charge in [-0.15, -0.1) is 0 Å². The summed E-state index contributed by atoms with van der Waals surface area (Å²) in [6.45, 7) is 0. The van der Waals surface area contributed by atoms with E-state index in [-0.39, 0.29) is 17.9 Å². The molecule has 0 aliphatic carbocycles. The highest BCUT2D eigenvalue weighted by molar-refractivity contribution is 9.10. The molecule has 0 radical (unpaired) electrons. The molecule has 0 saturated carbocycles. The average molecular weight is 392 g/mol. The molecule has 8 heteroatoms.